The monoisotopic (exact) mass is 472 g/mol. The number of aromatic hydroxyl groups is 1. The zero-order chi connectivity index (χ0) is 22.8. The van der Waals surface area contributed by atoms with Gasteiger partial charge < -0.3 is 20.0 Å². The van der Waals surface area contributed by atoms with Gasteiger partial charge in [0, 0.05) is 18.5 Å². The smallest absolute Gasteiger partial charge is 0.367 e. The van der Waals surface area contributed by atoms with E-state index < -0.39 is 15.8 Å². The Hall–Kier alpha value is -2.77. The van der Waals surface area contributed by atoms with Gasteiger partial charge in [-0.25, -0.2) is 8.42 Å². The summed E-state index contributed by atoms with van der Waals surface area (Å²) in [5, 5.41) is 31.7. The highest BCUT2D eigenvalue weighted by molar-refractivity contribution is 7.91. The van der Waals surface area contributed by atoms with Crippen LogP contribution in [-0.2, 0) is 10.0 Å². The number of sulfonamides is 1. The fourth-order valence-corrected chi connectivity index (χ4v) is 5.89. The van der Waals surface area contributed by atoms with Crippen molar-refractivity contribution in [2.45, 2.75) is 44.4 Å². The Morgan fingerprint density at radius 1 is 1.29 bits per heavy atom. The highest BCUT2D eigenvalue weighted by Gasteiger charge is 2.32. The Morgan fingerprint density at radius 2 is 2.00 bits per heavy atom. The van der Waals surface area contributed by atoms with Crippen LogP contribution >= 0.6 is 11.3 Å². The quantitative estimate of drug-likeness (QED) is 0.327. The summed E-state index contributed by atoms with van der Waals surface area (Å²) >= 11 is 0.887. The third-order valence-electron chi connectivity index (χ3n) is 4.71. The molecule has 0 aromatic carbocycles. The molecule has 31 heavy (non-hydrogen) atoms. The van der Waals surface area contributed by atoms with E-state index in [2.05, 4.69) is 15.8 Å². The van der Waals surface area contributed by atoms with Crippen LogP contribution in [0.25, 0.3) is 0 Å². The van der Waals surface area contributed by atoms with Gasteiger partial charge in [-0.2, -0.15) is 4.31 Å². The van der Waals surface area contributed by atoms with Gasteiger partial charge in [0.1, 0.15) is 27.6 Å². The third kappa shape index (κ3) is 4.48. The largest absolute Gasteiger partial charge is 0.504 e. The van der Waals surface area contributed by atoms with E-state index in [9.17, 15) is 18.7 Å². The normalized spacial score (nSPS) is 12.9. The molecule has 3 aromatic heterocycles. The van der Waals surface area contributed by atoms with E-state index in [4.69, 9.17) is 9.05 Å². The van der Waals surface area contributed by atoms with Crippen molar-refractivity contribution in [1.29, 1.82) is 0 Å². The van der Waals surface area contributed by atoms with Crippen LogP contribution in [0, 0.1) is 6.92 Å². The number of nitrogens with one attached hydrogen (secondary N) is 2. The lowest BCUT2D eigenvalue weighted by atomic mass is 10.2. The minimum Gasteiger partial charge on any atom is -0.504 e. The number of rotatable bonds is 10. The molecule has 0 aliphatic heterocycles. The molecular weight excluding hydrogens is 446 g/mol. The van der Waals surface area contributed by atoms with Crippen LogP contribution in [0.15, 0.2) is 30.8 Å². The minimum absolute atomic E-state index is 0.0594. The number of aromatic nitrogens is 2. The van der Waals surface area contributed by atoms with Crippen molar-refractivity contribution in [2.24, 2.45) is 0 Å². The van der Waals surface area contributed by atoms with Gasteiger partial charge in [0.15, 0.2) is 9.96 Å². The number of furan rings is 1. The van der Waals surface area contributed by atoms with Crippen LogP contribution in [-0.4, -0.2) is 41.3 Å². The summed E-state index contributed by atoms with van der Waals surface area (Å²) in [5.41, 5.74) is 0.120. The highest BCUT2D eigenvalue weighted by atomic mass is 32.2. The van der Waals surface area contributed by atoms with Gasteiger partial charge in [-0.1, -0.05) is 25.4 Å². The van der Waals surface area contributed by atoms with Crippen LogP contribution in [0.1, 0.15) is 44.8 Å². The average molecular weight is 473 g/mol. The summed E-state index contributed by atoms with van der Waals surface area (Å²) in [6.07, 6.45) is 0.632. The van der Waals surface area contributed by atoms with Crippen molar-refractivity contribution in [1.82, 2.24) is 9.46 Å². The summed E-state index contributed by atoms with van der Waals surface area (Å²) in [7, 11) is -3.83. The van der Waals surface area contributed by atoms with Crippen LogP contribution in [0.4, 0.5) is 17.3 Å². The predicted octanol–water partition coefficient (Wildman–Crippen LogP) is 3.21. The molecule has 11 nitrogen and oxygen atoms in total. The number of thiophene rings is 1. The molecule has 13 heteroatoms. The lowest BCUT2D eigenvalue weighted by Crippen LogP contribution is -2.32. The Kier molecular flexibility index (Phi) is 6.77. The van der Waals surface area contributed by atoms with Crippen molar-refractivity contribution in [2.75, 3.05) is 23.7 Å². The Labute approximate surface area is 183 Å². The summed E-state index contributed by atoms with van der Waals surface area (Å²) in [6.45, 7) is 7.79. The molecule has 3 aromatic rings. The van der Waals surface area contributed by atoms with E-state index in [-0.39, 0.29) is 40.7 Å². The standard InChI is InChI=1S/C18H25N5O6S2/c1-5-12(14-9-8-11(4)28-14)20-17-16(21-29-23(17)25)19-13-10-30-18(15(13)24)31(26,27)22(6-2)7-3/h8-10,12,25H,5-7H2,1-4H3,(H2,19,21,24)/p+1/t12-/m1/s1. The predicted molar refractivity (Wildman–Crippen MR) is 113 cm³/mol. The fraction of sp³-hybridized carbons (Fsp3) is 0.444. The summed E-state index contributed by atoms with van der Waals surface area (Å²) in [4.78, 5) is 0.442. The highest BCUT2D eigenvalue weighted by Crippen LogP contribution is 2.41. The number of hydrogen-bond donors (Lipinski definition) is 4. The maximum Gasteiger partial charge on any atom is 0.367 e. The molecule has 0 aliphatic carbocycles. The summed E-state index contributed by atoms with van der Waals surface area (Å²) < 4.78 is 37.0. The van der Waals surface area contributed by atoms with Crippen molar-refractivity contribution in [3.63, 3.8) is 0 Å². The molecule has 0 amide bonds. The Morgan fingerprint density at radius 3 is 2.58 bits per heavy atom. The second-order valence-corrected chi connectivity index (χ2v) is 9.71. The van der Waals surface area contributed by atoms with Gasteiger partial charge in [0.25, 0.3) is 10.0 Å². The average Bonchev–Trinajstić information content (AvgIpc) is 3.42. The molecule has 1 atom stereocenters. The lowest BCUT2D eigenvalue weighted by molar-refractivity contribution is -1.03. The third-order valence-corrected chi connectivity index (χ3v) is 8.25. The van der Waals surface area contributed by atoms with Crippen LogP contribution < -0.4 is 15.5 Å². The van der Waals surface area contributed by atoms with Crippen LogP contribution in [0.2, 0.25) is 0 Å². The Balaban J connectivity index is 1.88. The summed E-state index contributed by atoms with van der Waals surface area (Å²) in [6, 6.07) is 3.37. The molecule has 0 radical (unpaired) electrons. The molecule has 0 aliphatic rings. The first-order chi connectivity index (χ1) is 14.7. The zero-order valence-corrected chi connectivity index (χ0v) is 19.2. The molecule has 0 spiro atoms. The topological polar surface area (TPSA) is 145 Å². The second-order valence-electron chi connectivity index (χ2n) is 6.70. The zero-order valence-electron chi connectivity index (χ0n) is 17.6. The number of nitrogens with zero attached hydrogens (tertiary/aromatic N) is 3. The van der Waals surface area contributed by atoms with Crippen molar-refractivity contribution < 1.29 is 32.7 Å². The fourth-order valence-electron chi connectivity index (χ4n) is 3.05. The molecule has 0 saturated carbocycles. The molecule has 170 valence electrons. The van der Waals surface area contributed by atoms with E-state index in [1.165, 1.54) is 9.69 Å². The van der Waals surface area contributed by atoms with Crippen LogP contribution in [0.3, 0.4) is 0 Å². The van der Waals surface area contributed by atoms with Crippen molar-refractivity contribution >= 4 is 38.7 Å². The molecule has 0 fully saturated rings. The molecule has 3 heterocycles. The van der Waals surface area contributed by atoms with Gasteiger partial charge in [-0.05, 0) is 25.5 Å². The first kappa shape index (κ1) is 22.9. The van der Waals surface area contributed by atoms with E-state index in [0.29, 0.717) is 17.1 Å². The van der Waals surface area contributed by atoms with E-state index in [1.807, 2.05) is 26.0 Å². The van der Waals surface area contributed by atoms with Gasteiger partial charge in [0.2, 0.25) is 0 Å². The van der Waals surface area contributed by atoms with Gasteiger partial charge in [0.05, 0.1) is 5.69 Å². The van der Waals surface area contributed by atoms with Gasteiger partial charge in [-0.15, -0.1) is 11.3 Å². The molecule has 0 unspecified atom stereocenters. The Bertz CT molecular complexity index is 1130. The van der Waals surface area contributed by atoms with E-state index >= 15 is 0 Å². The minimum atomic E-state index is -3.83. The molecule has 3 rings (SSSR count). The molecule has 4 N–H and O–H groups in total. The molecular formula is C18H26N5O6S2+. The molecule has 0 saturated heterocycles. The number of hydrogen-bond acceptors (Lipinski definition) is 10. The van der Waals surface area contributed by atoms with Crippen LogP contribution in [0.5, 0.6) is 5.75 Å². The number of aryl methyl sites for hydroxylation is 1. The maximum atomic E-state index is 12.7. The first-order valence-corrected chi connectivity index (χ1v) is 12.1. The second kappa shape index (κ2) is 9.16. The number of anilines is 3. The lowest BCUT2D eigenvalue weighted by Gasteiger charge is -2.17. The van der Waals surface area contributed by atoms with E-state index in [1.54, 1.807) is 13.8 Å². The van der Waals surface area contributed by atoms with E-state index in [0.717, 1.165) is 17.1 Å². The maximum absolute atomic E-state index is 12.7. The van der Waals surface area contributed by atoms with Crippen molar-refractivity contribution in [3.8, 4) is 5.75 Å². The van der Waals surface area contributed by atoms with Crippen molar-refractivity contribution in [3.05, 3.63) is 29.0 Å². The van der Waals surface area contributed by atoms with Gasteiger partial charge >= 0.3 is 11.6 Å². The summed E-state index contributed by atoms with van der Waals surface area (Å²) in [5.74, 6) is 1.13. The first-order valence-electron chi connectivity index (χ1n) is 9.74. The SMILES string of the molecule is CC[C@@H](Nc1c(Nc2csc(S(=O)(=O)N(CC)CC)c2O)no[n+]1O)c1ccc(C)o1. The molecule has 0 bridgehead atoms. The van der Waals surface area contributed by atoms with Gasteiger partial charge in [-0.3, -0.25) is 5.32 Å².